The van der Waals surface area contributed by atoms with Gasteiger partial charge in [0.05, 0.1) is 6.10 Å². The van der Waals surface area contributed by atoms with E-state index in [-0.39, 0.29) is 18.5 Å². The highest BCUT2D eigenvalue weighted by atomic mass is 19.1. The average molecular weight is 250 g/mol. The van der Waals surface area contributed by atoms with Gasteiger partial charge in [-0.3, -0.25) is 0 Å². The van der Waals surface area contributed by atoms with E-state index in [1.165, 1.54) is 6.07 Å². The Morgan fingerprint density at radius 1 is 1.33 bits per heavy atom. The highest BCUT2D eigenvalue weighted by molar-refractivity contribution is 5.55. The Balaban J connectivity index is 1.87. The first kappa shape index (κ1) is 11.9. The van der Waals surface area contributed by atoms with E-state index in [0.717, 1.165) is 31.6 Å². The van der Waals surface area contributed by atoms with Crippen molar-refractivity contribution >= 4 is 5.69 Å². The quantitative estimate of drug-likeness (QED) is 0.836. The van der Waals surface area contributed by atoms with E-state index in [0.29, 0.717) is 17.4 Å². The first-order chi connectivity index (χ1) is 8.70. The largest absolute Gasteiger partial charge is 0.393 e. The molecule has 3 rings (SSSR count). The molecule has 3 N–H and O–H groups in total. The van der Waals surface area contributed by atoms with Crippen LogP contribution in [0.4, 0.5) is 10.1 Å². The van der Waals surface area contributed by atoms with Gasteiger partial charge < -0.3 is 15.7 Å². The molecule has 0 spiro atoms. The van der Waals surface area contributed by atoms with Crippen molar-refractivity contribution in [3.63, 3.8) is 0 Å². The molecular weight excluding hydrogens is 231 g/mol. The second-order valence-electron chi connectivity index (χ2n) is 5.42. The summed E-state index contributed by atoms with van der Waals surface area (Å²) >= 11 is 0. The van der Waals surface area contributed by atoms with Crippen LogP contribution in [0.2, 0.25) is 0 Å². The van der Waals surface area contributed by atoms with E-state index >= 15 is 0 Å². The standard InChI is InChI=1S/C14H19FN2O/c15-12-2-1-3-13(10(12)6-16)17-7-9-4-5-14(18)11(9)8-17/h1-3,9,11,14,18H,4-8,16H2. The molecule has 3 nitrogen and oxygen atoms in total. The molecule has 1 saturated carbocycles. The Labute approximate surface area is 106 Å². The Hall–Kier alpha value is -1.13. The monoisotopic (exact) mass is 250 g/mol. The zero-order valence-electron chi connectivity index (χ0n) is 10.3. The molecule has 1 aromatic rings. The number of rotatable bonds is 2. The van der Waals surface area contributed by atoms with Gasteiger partial charge >= 0.3 is 0 Å². The number of halogens is 1. The minimum Gasteiger partial charge on any atom is -0.393 e. The topological polar surface area (TPSA) is 49.5 Å². The van der Waals surface area contributed by atoms with Crippen LogP contribution in [0.1, 0.15) is 18.4 Å². The van der Waals surface area contributed by atoms with Gasteiger partial charge in [-0.1, -0.05) is 6.07 Å². The molecule has 0 amide bonds. The SMILES string of the molecule is NCc1c(F)cccc1N1CC2CCC(O)C2C1. The number of nitrogens with zero attached hydrogens (tertiary/aromatic N) is 1. The molecule has 18 heavy (non-hydrogen) atoms. The van der Waals surface area contributed by atoms with Gasteiger partial charge in [-0.25, -0.2) is 4.39 Å². The summed E-state index contributed by atoms with van der Waals surface area (Å²) in [6.45, 7) is 1.96. The van der Waals surface area contributed by atoms with Gasteiger partial charge in [0.25, 0.3) is 0 Å². The third-order valence-electron chi connectivity index (χ3n) is 4.46. The molecule has 3 unspecified atom stereocenters. The van der Waals surface area contributed by atoms with E-state index in [2.05, 4.69) is 4.90 Å². The van der Waals surface area contributed by atoms with Gasteiger partial charge in [-0.15, -0.1) is 0 Å². The maximum Gasteiger partial charge on any atom is 0.129 e. The molecule has 2 aliphatic rings. The highest BCUT2D eigenvalue weighted by Gasteiger charge is 2.42. The second-order valence-corrected chi connectivity index (χ2v) is 5.42. The molecule has 3 atom stereocenters. The summed E-state index contributed by atoms with van der Waals surface area (Å²) in [6, 6.07) is 5.12. The fraction of sp³-hybridized carbons (Fsp3) is 0.571. The van der Waals surface area contributed by atoms with Crippen molar-refractivity contribution in [3.8, 4) is 0 Å². The summed E-state index contributed by atoms with van der Waals surface area (Å²) in [5.74, 6) is 0.667. The molecule has 1 aromatic carbocycles. The lowest BCUT2D eigenvalue weighted by molar-refractivity contribution is 0.133. The van der Waals surface area contributed by atoms with E-state index in [4.69, 9.17) is 5.73 Å². The Kier molecular flexibility index (Phi) is 2.99. The predicted octanol–water partition coefficient (Wildman–Crippen LogP) is 1.49. The summed E-state index contributed by atoms with van der Waals surface area (Å²) in [6.07, 6.45) is 1.81. The van der Waals surface area contributed by atoms with Crippen LogP contribution in [-0.2, 0) is 6.54 Å². The molecular formula is C14H19FN2O. The average Bonchev–Trinajstić information content (AvgIpc) is 2.92. The van der Waals surface area contributed by atoms with Gasteiger partial charge in [0, 0.05) is 36.8 Å². The van der Waals surface area contributed by atoms with E-state index in [9.17, 15) is 9.50 Å². The Bertz CT molecular complexity index is 451. The van der Waals surface area contributed by atoms with Crippen molar-refractivity contribution in [3.05, 3.63) is 29.6 Å². The summed E-state index contributed by atoms with van der Waals surface area (Å²) < 4.78 is 13.7. The van der Waals surface area contributed by atoms with Crippen molar-refractivity contribution in [2.75, 3.05) is 18.0 Å². The molecule has 0 bridgehead atoms. The number of aliphatic hydroxyl groups is 1. The van der Waals surface area contributed by atoms with Crippen LogP contribution in [0.5, 0.6) is 0 Å². The first-order valence-corrected chi connectivity index (χ1v) is 6.61. The van der Waals surface area contributed by atoms with Crippen molar-refractivity contribution in [2.24, 2.45) is 17.6 Å². The molecule has 4 heteroatoms. The van der Waals surface area contributed by atoms with Crippen molar-refractivity contribution in [1.29, 1.82) is 0 Å². The van der Waals surface area contributed by atoms with E-state index in [1.54, 1.807) is 6.07 Å². The number of hydrogen-bond donors (Lipinski definition) is 2. The number of hydrogen-bond acceptors (Lipinski definition) is 3. The molecule has 1 aliphatic carbocycles. The van der Waals surface area contributed by atoms with E-state index < -0.39 is 0 Å². The lowest BCUT2D eigenvalue weighted by atomic mass is 10.00. The lowest BCUT2D eigenvalue weighted by Crippen LogP contribution is -2.26. The molecule has 0 radical (unpaired) electrons. The molecule has 98 valence electrons. The van der Waals surface area contributed by atoms with Gasteiger partial charge in [0.15, 0.2) is 0 Å². The summed E-state index contributed by atoms with van der Waals surface area (Å²) in [7, 11) is 0. The summed E-state index contributed by atoms with van der Waals surface area (Å²) in [5, 5.41) is 9.92. The second kappa shape index (κ2) is 4.52. The van der Waals surface area contributed by atoms with Crippen LogP contribution >= 0.6 is 0 Å². The van der Waals surface area contributed by atoms with Crippen molar-refractivity contribution in [2.45, 2.75) is 25.5 Å². The highest BCUT2D eigenvalue weighted by Crippen LogP contribution is 2.40. The zero-order chi connectivity index (χ0) is 12.7. The number of nitrogens with two attached hydrogens (primary N) is 1. The molecule has 0 aromatic heterocycles. The molecule has 1 saturated heterocycles. The number of anilines is 1. The summed E-state index contributed by atoms with van der Waals surface area (Å²) in [5.41, 5.74) is 7.14. The molecule has 1 heterocycles. The van der Waals surface area contributed by atoms with Gasteiger partial charge in [-0.2, -0.15) is 0 Å². The Morgan fingerprint density at radius 2 is 2.17 bits per heavy atom. The van der Waals surface area contributed by atoms with Crippen LogP contribution in [-0.4, -0.2) is 24.3 Å². The number of fused-ring (bicyclic) bond motifs is 1. The minimum absolute atomic E-state index is 0.185. The van der Waals surface area contributed by atoms with Gasteiger partial charge in [0.1, 0.15) is 5.82 Å². The van der Waals surface area contributed by atoms with Crippen molar-refractivity contribution in [1.82, 2.24) is 0 Å². The predicted molar refractivity (Wildman–Crippen MR) is 68.7 cm³/mol. The fourth-order valence-electron chi connectivity index (χ4n) is 3.48. The van der Waals surface area contributed by atoms with Crippen LogP contribution in [0.25, 0.3) is 0 Å². The fourth-order valence-corrected chi connectivity index (χ4v) is 3.48. The lowest BCUT2D eigenvalue weighted by Gasteiger charge is -2.23. The van der Waals surface area contributed by atoms with Crippen LogP contribution < -0.4 is 10.6 Å². The number of benzene rings is 1. The van der Waals surface area contributed by atoms with Crippen LogP contribution in [0.15, 0.2) is 18.2 Å². The minimum atomic E-state index is -0.229. The summed E-state index contributed by atoms with van der Waals surface area (Å²) in [4.78, 5) is 2.18. The van der Waals surface area contributed by atoms with Crippen LogP contribution in [0, 0.1) is 17.7 Å². The smallest absolute Gasteiger partial charge is 0.129 e. The molecule has 2 fully saturated rings. The third kappa shape index (κ3) is 1.80. The third-order valence-corrected chi connectivity index (χ3v) is 4.46. The van der Waals surface area contributed by atoms with Gasteiger partial charge in [0.2, 0.25) is 0 Å². The Morgan fingerprint density at radius 3 is 2.89 bits per heavy atom. The van der Waals surface area contributed by atoms with Gasteiger partial charge in [-0.05, 0) is 30.9 Å². The molecule has 1 aliphatic heterocycles. The maximum atomic E-state index is 13.7. The van der Waals surface area contributed by atoms with E-state index in [1.807, 2.05) is 6.07 Å². The maximum absolute atomic E-state index is 13.7. The first-order valence-electron chi connectivity index (χ1n) is 6.61. The van der Waals surface area contributed by atoms with Crippen molar-refractivity contribution < 1.29 is 9.50 Å². The van der Waals surface area contributed by atoms with Crippen LogP contribution in [0.3, 0.4) is 0 Å². The number of aliphatic hydroxyl groups excluding tert-OH is 1. The zero-order valence-corrected chi connectivity index (χ0v) is 10.3. The normalized spacial score (nSPS) is 30.8.